The highest BCUT2D eigenvalue weighted by atomic mass is 32.1. The zero-order valence-electron chi connectivity index (χ0n) is 10.9. The van der Waals surface area contributed by atoms with E-state index in [4.69, 9.17) is 9.52 Å². The summed E-state index contributed by atoms with van der Waals surface area (Å²) in [5.41, 5.74) is 0. The van der Waals surface area contributed by atoms with Gasteiger partial charge < -0.3 is 14.8 Å². The number of aryl methyl sites for hydroxylation is 1. The molecule has 0 fully saturated rings. The van der Waals surface area contributed by atoms with E-state index in [-0.39, 0.29) is 12.5 Å². The Labute approximate surface area is 121 Å². The number of aliphatic hydroxyl groups is 1. The summed E-state index contributed by atoms with van der Waals surface area (Å²) in [5, 5.41) is 11.5. The van der Waals surface area contributed by atoms with Crippen molar-refractivity contribution in [2.45, 2.75) is 19.4 Å². The number of hydrogen-bond acceptors (Lipinski definition) is 4. The second-order valence-electron chi connectivity index (χ2n) is 4.08. The number of nitrogens with one attached hydrogen (secondary N) is 1. The van der Waals surface area contributed by atoms with E-state index >= 15 is 0 Å². The van der Waals surface area contributed by atoms with Gasteiger partial charge in [-0.25, -0.2) is 0 Å². The van der Waals surface area contributed by atoms with Crippen molar-refractivity contribution in [1.29, 1.82) is 0 Å². The monoisotopic (exact) mass is 289 g/mol. The molecule has 2 heterocycles. The highest BCUT2D eigenvalue weighted by Crippen LogP contribution is 2.15. The summed E-state index contributed by atoms with van der Waals surface area (Å²) >= 11 is 1.51. The Morgan fingerprint density at radius 2 is 2.30 bits per heavy atom. The third-order valence-corrected chi connectivity index (χ3v) is 3.59. The van der Waals surface area contributed by atoms with Crippen molar-refractivity contribution < 1.29 is 14.3 Å². The summed E-state index contributed by atoms with van der Waals surface area (Å²) in [7, 11) is 0. The standard InChI is InChI=1S/C15H15NO3S/c17-9-1-4-13-6-7-14(20-13)11-16-15(18)8-5-12-3-2-10-19-12/h2-3,6-7,10,17H,5,8-9,11H2,(H,16,18). The molecule has 0 aliphatic heterocycles. The molecule has 0 spiro atoms. The predicted molar refractivity (Wildman–Crippen MR) is 77.2 cm³/mol. The van der Waals surface area contributed by atoms with E-state index in [0.717, 1.165) is 15.5 Å². The van der Waals surface area contributed by atoms with Crippen LogP contribution in [0, 0.1) is 11.8 Å². The lowest BCUT2D eigenvalue weighted by molar-refractivity contribution is -0.121. The zero-order valence-corrected chi connectivity index (χ0v) is 11.7. The van der Waals surface area contributed by atoms with Crippen LogP contribution in [0.2, 0.25) is 0 Å². The first-order chi connectivity index (χ1) is 9.78. The van der Waals surface area contributed by atoms with E-state index in [2.05, 4.69) is 17.2 Å². The minimum atomic E-state index is -0.142. The first kappa shape index (κ1) is 14.4. The Morgan fingerprint density at radius 1 is 1.40 bits per heavy atom. The van der Waals surface area contributed by atoms with Gasteiger partial charge in [0.25, 0.3) is 0 Å². The molecule has 20 heavy (non-hydrogen) atoms. The molecule has 5 heteroatoms. The van der Waals surface area contributed by atoms with E-state index in [1.807, 2.05) is 24.3 Å². The Balaban J connectivity index is 1.74. The molecule has 0 atom stereocenters. The molecule has 2 rings (SSSR count). The summed E-state index contributed by atoms with van der Waals surface area (Å²) in [5.74, 6) is 6.25. The normalized spacial score (nSPS) is 9.85. The van der Waals surface area contributed by atoms with Crippen molar-refractivity contribution in [3.63, 3.8) is 0 Å². The number of rotatable bonds is 5. The molecule has 2 aromatic heterocycles. The lowest BCUT2D eigenvalue weighted by atomic mass is 10.2. The number of carbonyl (C=O) groups is 1. The van der Waals surface area contributed by atoms with Crippen LogP contribution in [0.3, 0.4) is 0 Å². The lowest BCUT2D eigenvalue weighted by Gasteiger charge is -2.02. The SMILES string of the molecule is O=C(CCc1ccco1)NCc1ccc(C#CCO)s1. The summed E-state index contributed by atoms with van der Waals surface area (Å²) in [6.07, 6.45) is 2.63. The van der Waals surface area contributed by atoms with E-state index < -0.39 is 0 Å². The van der Waals surface area contributed by atoms with Crippen molar-refractivity contribution in [3.8, 4) is 11.8 Å². The van der Waals surface area contributed by atoms with Crippen LogP contribution in [0.5, 0.6) is 0 Å². The van der Waals surface area contributed by atoms with Gasteiger partial charge in [-0.1, -0.05) is 11.8 Å². The Kier molecular flexibility index (Phi) is 5.42. The molecule has 0 radical (unpaired) electrons. The Bertz CT molecular complexity index is 605. The predicted octanol–water partition coefficient (Wildman–Crippen LogP) is 1.93. The van der Waals surface area contributed by atoms with E-state index in [9.17, 15) is 4.79 Å². The first-order valence-electron chi connectivity index (χ1n) is 6.25. The van der Waals surface area contributed by atoms with Crippen molar-refractivity contribution in [3.05, 3.63) is 46.0 Å². The quantitative estimate of drug-likeness (QED) is 0.827. The van der Waals surface area contributed by atoms with Crippen LogP contribution in [-0.2, 0) is 17.8 Å². The smallest absolute Gasteiger partial charge is 0.220 e. The third kappa shape index (κ3) is 4.57. The molecule has 0 aliphatic rings. The molecule has 0 aliphatic carbocycles. The van der Waals surface area contributed by atoms with Crippen LogP contribution in [0.4, 0.5) is 0 Å². The van der Waals surface area contributed by atoms with Crippen molar-refractivity contribution in [2.75, 3.05) is 6.61 Å². The van der Waals surface area contributed by atoms with Gasteiger partial charge in [0, 0.05) is 17.7 Å². The van der Waals surface area contributed by atoms with Crippen LogP contribution in [0.25, 0.3) is 0 Å². The molecule has 1 amide bonds. The zero-order chi connectivity index (χ0) is 14.2. The largest absolute Gasteiger partial charge is 0.469 e. The van der Waals surface area contributed by atoms with Gasteiger partial charge in [0.05, 0.1) is 17.7 Å². The molecule has 0 bridgehead atoms. The highest BCUT2D eigenvalue weighted by molar-refractivity contribution is 7.12. The van der Waals surface area contributed by atoms with E-state index in [1.54, 1.807) is 6.26 Å². The minimum absolute atomic E-state index is 0.00204. The molecule has 2 N–H and O–H groups in total. The number of amides is 1. The first-order valence-corrected chi connectivity index (χ1v) is 7.07. The second kappa shape index (κ2) is 7.53. The molecular weight excluding hydrogens is 274 g/mol. The van der Waals surface area contributed by atoms with Crippen LogP contribution < -0.4 is 5.32 Å². The van der Waals surface area contributed by atoms with E-state index in [0.29, 0.717) is 19.4 Å². The molecular formula is C15H15NO3S. The molecule has 0 saturated carbocycles. The fraction of sp³-hybridized carbons (Fsp3) is 0.267. The minimum Gasteiger partial charge on any atom is -0.469 e. The average molecular weight is 289 g/mol. The second-order valence-corrected chi connectivity index (χ2v) is 5.25. The lowest BCUT2D eigenvalue weighted by Crippen LogP contribution is -2.22. The van der Waals surface area contributed by atoms with Gasteiger partial charge in [0.2, 0.25) is 5.91 Å². The average Bonchev–Trinajstić information content (AvgIpc) is 3.12. The molecule has 0 unspecified atom stereocenters. The number of thiophene rings is 1. The van der Waals surface area contributed by atoms with Crippen LogP contribution in [0.15, 0.2) is 34.9 Å². The fourth-order valence-electron chi connectivity index (χ4n) is 1.63. The van der Waals surface area contributed by atoms with Gasteiger partial charge in [0.1, 0.15) is 12.4 Å². The number of furan rings is 1. The van der Waals surface area contributed by atoms with Crippen molar-refractivity contribution >= 4 is 17.2 Å². The number of aliphatic hydroxyl groups excluding tert-OH is 1. The summed E-state index contributed by atoms with van der Waals surface area (Å²) in [4.78, 5) is 13.6. The van der Waals surface area contributed by atoms with Crippen molar-refractivity contribution in [2.24, 2.45) is 0 Å². The number of hydrogen-bond donors (Lipinski definition) is 2. The topological polar surface area (TPSA) is 62.5 Å². The van der Waals surface area contributed by atoms with Gasteiger partial charge in [0.15, 0.2) is 0 Å². The summed E-state index contributed by atoms with van der Waals surface area (Å²) < 4.78 is 5.17. The summed E-state index contributed by atoms with van der Waals surface area (Å²) in [6, 6.07) is 7.49. The molecule has 0 saturated heterocycles. The molecule has 0 aromatic carbocycles. The van der Waals surface area contributed by atoms with Gasteiger partial charge in [-0.15, -0.1) is 11.3 Å². The fourth-order valence-corrected chi connectivity index (χ4v) is 2.45. The van der Waals surface area contributed by atoms with Gasteiger partial charge in [-0.05, 0) is 24.3 Å². The Morgan fingerprint density at radius 3 is 3.05 bits per heavy atom. The highest BCUT2D eigenvalue weighted by Gasteiger charge is 2.05. The van der Waals surface area contributed by atoms with Gasteiger partial charge in [-0.2, -0.15) is 0 Å². The molecule has 104 valence electrons. The van der Waals surface area contributed by atoms with Crippen LogP contribution in [0.1, 0.15) is 21.9 Å². The van der Waals surface area contributed by atoms with Crippen LogP contribution in [-0.4, -0.2) is 17.6 Å². The molecule has 2 aromatic rings. The van der Waals surface area contributed by atoms with Gasteiger partial charge in [-0.3, -0.25) is 4.79 Å². The van der Waals surface area contributed by atoms with E-state index in [1.165, 1.54) is 11.3 Å². The van der Waals surface area contributed by atoms with Crippen molar-refractivity contribution in [1.82, 2.24) is 5.32 Å². The maximum absolute atomic E-state index is 11.7. The molecule has 4 nitrogen and oxygen atoms in total. The van der Waals surface area contributed by atoms with Gasteiger partial charge >= 0.3 is 0 Å². The summed E-state index contributed by atoms with van der Waals surface area (Å²) in [6.45, 7) is 0.360. The Hall–Kier alpha value is -2.03. The maximum Gasteiger partial charge on any atom is 0.220 e. The number of carbonyl (C=O) groups excluding carboxylic acids is 1. The maximum atomic E-state index is 11.7. The van der Waals surface area contributed by atoms with Crippen LogP contribution >= 0.6 is 11.3 Å². The third-order valence-electron chi connectivity index (χ3n) is 2.59.